The van der Waals surface area contributed by atoms with Crippen LogP contribution in [0.4, 0.5) is 10.1 Å². The monoisotopic (exact) mass is 280 g/mol. The van der Waals surface area contributed by atoms with Gasteiger partial charge in [0.05, 0.1) is 10.6 Å². The van der Waals surface area contributed by atoms with Crippen LogP contribution in [-0.2, 0) is 10.0 Å². The molecule has 0 bridgehead atoms. The zero-order valence-electron chi connectivity index (χ0n) is 10.5. The Morgan fingerprint density at radius 3 is 2.58 bits per heavy atom. The molecule has 0 amide bonds. The summed E-state index contributed by atoms with van der Waals surface area (Å²) >= 11 is 0. The van der Waals surface area contributed by atoms with Crippen LogP contribution >= 0.6 is 0 Å². The first kappa shape index (κ1) is 13.5. The molecular weight excluding hydrogens is 267 g/mol. The Bertz CT molecular complexity index is 714. The van der Waals surface area contributed by atoms with E-state index in [1.165, 1.54) is 18.3 Å². The largest absolute Gasteiger partial charge is 0.279 e. The number of halogens is 1. The number of aromatic nitrogens is 1. The van der Waals surface area contributed by atoms with E-state index in [1.54, 1.807) is 26.1 Å². The van der Waals surface area contributed by atoms with Crippen molar-refractivity contribution in [1.29, 1.82) is 0 Å². The Kier molecular flexibility index (Phi) is 3.53. The molecule has 6 heteroatoms. The summed E-state index contributed by atoms with van der Waals surface area (Å²) in [6, 6.07) is 5.23. The van der Waals surface area contributed by atoms with E-state index in [0.29, 0.717) is 16.8 Å². The van der Waals surface area contributed by atoms with Gasteiger partial charge in [0.1, 0.15) is 5.82 Å². The summed E-state index contributed by atoms with van der Waals surface area (Å²) in [6.07, 6.45) is 3.04. The molecule has 1 N–H and O–H groups in total. The molecule has 1 aromatic heterocycles. The molecule has 19 heavy (non-hydrogen) atoms. The Morgan fingerprint density at radius 1 is 1.16 bits per heavy atom. The van der Waals surface area contributed by atoms with Crippen LogP contribution in [0.25, 0.3) is 0 Å². The summed E-state index contributed by atoms with van der Waals surface area (Å²) in [7, 11) is -3.81. The predicted octanol–water partition coefficient (Wildman–Crippen LogP) is 2.64. The minimum atomic E-state index is -3.81. The van der Waals surface area contributed by atoms with E-state index in [-0.39, 0.29) is 4.90 Å². The Morgan fingerprint density at radius 2 is 1.89 bits per heavy atom. The molecule has 0 saturated heterocycles. The first-order valence-electron chi connectivity index (χ1n) is 5.60. The van der Waals surface area contributed by atoms with Crippen molar-refractivity contribution in [3.8, 4) is 0 Å². The van der Waals surface area contributed by atoms with E-state index in [4.69, 9.17) is 0 Å². The molecule has 1 heterocycles. The van der Waals surface area contributed by atoms with Crippen molar-refractivity contribution in [2.75, 3.05) is 4.72 Å². The topological polar surface area (TPSA) is 59.1 Å². The van der Waals surface area contributed by atoms with Crippen molar-refractivity contribution >= 4 is 15.7 Å². The first-order valence-corrected chi connectivity index (χ1v) is 7.08. The zero-order chi connectivity index (χ0) is 14.0. The second-order valence-corrected chi connectivity index (χ2v) is 5.86. The number of aryl methyl sites for hydroxylation is 2. The summed E-state index contributed by atoms with van der Waals surface area (Å²) in [5.41, 5.74) is 1.61. The highest BCUT2D eigenvalue weighted by Gasteiger charge is 2.18. The molecule has 0 atom stereocenters. The molecule has 100 valence electrons. The van der Waals surface area contributed by atoms with Gasteiger partial charge in [-0.25, -0.2) is 12.8 Å². The maximum atomic E-state index is 13.2. The molecule has 1 aromatic carbocycles. The average Bonchev–Trinajstić information content (AvgIpc) is 2.35. The van der Waals surface area contributed by atoms with Gasteiger partial charge >= 0.3 is 0 Å². The fraction of sp³-hybridized carbons (Fsp3) is 0.154. The number of rotatable bonds is 3. The van der Waals surface area contributed by atoms with Gasteiger partial charge in [-0.1, -0.05) is 6.07 Å². The van der Waals surface area contributed by atoms with E-state index < -0.39 is 15.8 Å². The fourth-order valence-corrected chi connectivity index (χ4v) is 3.04. The molecule has 0 unspecified atom stereocenters. The zero-order valence-corrected chi connectivity index (χ0v) is 11.3. The Balaban J connectivity index is 2.44. The van der Waals surface area contributed by atoms with Gasteiger partial charge in [-0.05, 0) is 43.2 Å². The number of hydrogen-bond donors (Lipinski definition) is 1. The molecule has 0 radical (unpaired) electrons. The number of pyridine rings is 1. The van der Waals surface area contributed by atoms with E-state index in [1.807, 2.05) is 0 Å². The van der Waals surface area contributed by atoms with Gasteiger partial charge in [0, 0.05) is 12.4 Å². The maximum absolute atomic E-state index is 13.2. The molecule has 4 nitrogen and oxygen atoms in total. The van der Waals surface area contributed by atoms with E-state index in [2.05, 4.69) is 9.71 Å². The van der Waals surface area contributed by atoms with Crippen LogP contribution in [-0.4, -0.2) is 13.4 Å². The molecule has 2 rings (SSSR count). The van der Waals surface area contributed by atoms with Crippen LogP contribution < -0.4 is 4.72 Å². The second-order valence-electron chi connectivity index (χ2n) is 4.21. The van der Waals surface area contributed by atoms with Crippen LogP contribution in [0.1, 0.15) is 11.1 Å². The third-order valence-corrected chi connectivity index (χ3v) is 4.21. The van der Waals surface area contributed by atoms with Crippen molar-refractivity contribution in [1.82, 2.24) is 4.98 Å². The Labute approximate surface area is 111 Å². The van der Waals surface area contributed by atoms with E-state index in [0.717, 1.165) is 6.07 Å². The lowest BCUT2D eigenvalue weighted by molar-refractivity contribution is 0.594. The smallest absolute Gasteiger partial charge is 0.262 e. The van der Waals surface area contributed by atoms with Crippen LogP contribution in [0, 0.1) is 19.7 Å². The number of benzene rings is 1. The fourth-order valence-electron chi connectivity index (χ4n) is 1.65. The van der Waals surface area contributed by atoms with Gasteiger partial charge in [-0.15, -0.1) is 0 Å². The summed E-state index contributed by atoms with van der Waals surface area (Å²) in [4.78, 5) is 3.82. The lowest BCUT2D eigenvalue weighted by Gasteiger charge is -2.11. The van der Waals surface area contributed by atoms with Crippen LogP contribution in [0.5, 0.6) is 0 Å². The van der Waals surface area contributed by atoms with E-state index >= 15 is 0 Å². The molecular formula is C13H13FN2O2S. The normalized spacial score (nSPS) is 11.3. The van der Waals surface area contributed by atoms with E-state index in [9.17, 15) is 12.8 Å². The highest BCUT2D eigenvalue weighted by molar-refractivity contribution is 7.92. The molecule has 2 aromatic rings. The minimum Gasteiger partial charge on any atom is -0.279 e. The summed E-state index contributed by atoms with van der Waals surface area (Å²) in [5.74, 6) is -0.586. The number of hydrogen-bond acceptors (Lipinski definition) is 3. The molecule has 0 spiro atoms. The summed E-state index contributed by atoms with van der Waals surface area (Å²) in [6.45, 7) is 3.36. The second kappa shape index (κ2) is 4.97. The predicted molar refractivity (Wildman–Crippen MR) is 70.9 cm³/mol. The van der Waals surface area contributed by atoms with Crippen molar-refractivity contribution < 1.29 is 12.8 Å². The standard InChI is InChI=1S/C13H13FN2O2S/c1-9-3-4-11(14)7-13(9)19(17,18)16-12-5-6-15-8-10(12)2/h3-8H,1-2H3,(H,15,16). The summed E-state index contributed by atoms with van der Waals surface area (Å²) < 4.78 is 40.1. The number of sulfonamides is 1. The Hall–Kier alpha value is -1.95. The molecule has 0 fully saturated rings. The van der Waals surface area contributed by atoms with Crippen molar-refractivity contribution in [2.45, 2.75) is 18.7 Å². The highest BCUT2D eigenvalue weighted by Crippen LogP contribution is 2.21. The SMILES string of the molecule is Cc1cnccc1NS(=O)(=O)c1cc(F)ccc1C. The third kappa shape index (κ3) is 2.90. The molecule has 0 aliphatic rings. The lowest BCUT2D eigenvalue weighted by atomic mass is 10.2. The lowest BCUT2D eigenvalue weighted by Crippen LogP contribution is -2.15. The first-order chi connectivity index (χ1) is 8.90. The highest BCUT2D eigenvalue weighted by atomic mass is 32.2. The van der Waals surface area contributed by atoms with Gasteiger partial charge in [0.2, 0.25) is 0 Å². The van der Waals surface area contributed by atoms with Crippen LogP contribution in [0.3, 0.4) is 0 Å². The maximum Gasteiger partial charge on any atom is 0.262 e. The molecule has 0 aliphatic heterocycles. The third-order valence-electron chi connectivity index (χ3n) is 2.70. The summed E-state index contributed by atoms with van der Waals surface area (Å²) in [5, 5.41) is 0. The van der Waals surface area contributed by atoms with Crippen molar-refractivity contribution in [3.05, 3.63) is 53.6 Å². The quantitative estimate of drug-likeness (QED) is 0.940. The molecule has 0 aliphatic carbocycles. The van der Waals surface area contributed by atoms with Crippen molar-refractivity contribution in [3.63, 3.8) is 0 Å². The number of nitrogens with zero attached hydrogens (tertiary/aromatic N) is 1. The van der Waals surface area contributed by atoms with Crippen molar-refractivity contribution in [2.24, 2.45) is 0 Å². The van der Waals surface area contributed by atoms with Crippen LogP contribution in [0.15, 0.2) is 41.6 Å². The van der Waals surface area contributed by atoms with Gasteiger partial charge in [0.25, 0.3) is 10.0 Å². The van der Waals surface area contributed by atoms with Gasteiger partial charge < -0.3 is 0 Å². The van der Waals surface area contributed by atoms with Gasteiger partial charge in [-0.2, -0.15) is 0 Å². The van der Waals surface area contributed by atoms with Gasteiger partial charge in [-0.3, -0.25) is 9.71 Å². The minimum absolute atomic E-state index is 0.0660. The van der Waals surface area contributed by atoms with Gasteiger partial charge in [0.15, 0.2) is 0 Å². The molecule has 0 saturated carbocycles. The average molecular weight is 280 g/mol. The number of anilines is 1. The van der Waals surface area contributed by atoms with Crippen LogP contribution in [0.2, 0.25) is 0 Å². The number of nitrogens with one attached hydrogen (secondary N) is 1.